The molecule has 0 heterocycles. The Morgan fingerprint density at radius 2 is 1.45 bits per heavy atom. The maximum Gasteiger partial charge on any atom is 0.335 e. The van der Waals surface area contributed by atoms with Crippen LogP contribution in [0.1, 0.15) is 31.8 Å². The molecule has 0 bridgehead atoms. The van der Waals surface area contributed by atoms with Crippen LogP contribution in [0.5, 0.6) is 0 Å². The smallest absolute Gasteiger partial charge is 0.335 e. The zero-order chi connectivity index (χ0) is 14.5. The Balaban J connectivity index is 2.10. The van der Waals surface area contributed by atoms with Crippen molar-refractivity contribution in [1.82, 2.24) is 0 Å². The first-order chi connectivity index (χ1) is 9.56. The van der Waals surface area contributed by atoms with Crippen LogP contribution in [0.4, 0.5) is 0 Å². The van der Waals surface area contributed by atoms with E-state index in [4.69, 9.17) is 5.11 Å². The van der Waals surface area contributed by atoms with Crippen LogP contribution < -0.4 is 0 Å². The van der Waals surface area contributed by atoms with E-state index in [9.17, 15) is 9.59 Å². The molecule has 3 nitrogen and oxygen atoms in total. The number of aromatic carboxylic acids is 1. The summed E-state index contributed by atoms with van der Waals surface area (Å²) in [6.07, 6.45) is 3.16. The zero-order valence-electron chi connectivity index (χ0n) is 11.0. The molecule has 3 heteroatoms. The molecule has 0 atom stereocenters. The van der Waals surface area contributed by atoms with Gasteiger partial charge in [-0.15, -0.1) is 0 Å². The lowest BCUT2D eigenvalue weighted by atomic mass is 10.1. The summed E-state index contributed by atoms with van der Waals surface area (Å²) < 4.78 is 0. The van der Waals surface area contributed by atoms with Crippen molar-refractivity contribution in [3.05, 3.63) is 76.9 Å². The molecule has 20 heavy (non-hydrogen) atoms. The van der Waals surface area contributed by atoms with Gasteiger partial charge in [0.15, 0.2) is 5.78 Å². The third kappa shape index (κ3) is 3.42. The van der Waals surface area contributed by atoms with Gasteiger partial charge in [0.25, 0.3) is 0 Å². The monoisotopic (exact) mass is 266 g/mol. The SMILES string of the molecule is Cc1ccc(C(=O)C=Cc2ccc(C(=O)O)cc2)cc1. The fourth-order valence-corrected chi connectivity index (χ4v) is 1.72. The lowest BCUT2D eigenvalue weighted by Crippen LogP contribution is -1.95. The molecule has 2 aromatic rings. The van der Waals surface area contributed by atoms with E-state index >= 15 is 0 Å². The van der Waals surface area contributed by atoms with Gasteiger partial charge in [-0.3, -0.25) is 4.79 Å². The molecule has 0 amide bonds. The van der Waals surface area contributed by atoms with Gasteiger partial charge in [-0.1, -0.05) is 48.0 Å². The molecule has 100 valence electrons. The quantitative estimate of drug-likeness (QED) is 0.679. The van der Waals surface area contributed by atoms with Crippen LogP contribution in [0.2, 0.25) is 0 Å². The number of rotatable bonds is 4. The molecule has 0 saturated heterocycles. The fraction of sp³-hybridized carbons (Fsp3) is 0.0588. The Bertz CT molecular complexity index is 650. The van der Waals surface area contributed by atoms with Crippen molar-refractivity contribution in [2.24, 2.45) is 0 Å². The van der Waals surface area contributed by atoms with Crippen molar-refractivity contribution < 1.29 is 14.7 Å². The van der Waals surface area contributed by atoms with Crippen LogP contribution in [-0.4, -0.2) is 16.9 Å². The molecular formula is C17H14O3. The summed E-state index contributed by atoms with van der Waals surface area (Å²) in [6, 6.07) is 13.7. The average Bonchev–Trinajstić information content (AvgIpc) is 2.46. The summed E-state index contributed by atoms with van der Waals surface area (Å²) in [5.41, 5.74) is 2.76. The molecule has 0 aliphatic carbocycles. The number of hydrogen-bond acceptors (Lipinski definition) is 2. The third-order valence-corrected chi connectivity index (χ3v) is 2.92. The highest BCUT2D eigenvalue weighted by molar-refractivity contribution is 6.06. The van der Waals surface area contributed by atoms with Crippen LogP contribution in [0.15, 0.2) is 54.6 Å². The zero-order valence-corrected chi connectivity index (χ0v) is 11.0. The first kappa shape index (κ1) is 13.7. The number of carboxylic acids is 1. The van der Waals surface area contributed by atoms with Crippen LogP contribution in [-0.2, 0) is 0 Å². The molecule has 2 aromatic carbocycles. The molecule has 0 saturated carbocycles. The van der Waals surface area contributed by atoms with Crippen LogP contribution in [0, 0.1) is 6.92 Å². The first-order valence-electron chi connectivity index (χ1n) is 6.19. The van der Waals surface area contributed by atoms with Gasteiger partial charge >= 0.3 is 5.97 Å². The third-order valence-electron chi connectivity index (χ3n) is 2.92. The van der Waals surface area contributed by atoms with E-state index < -0.39 is 5.97 Å². The second-order valence-electron chi connectivity index (χ2n) is 4.49. The van der Waals surface area contributed by atoms with Crippen LogP contribution in [0.3, 0.4) is 0 Å². The normalized spacial score (nSPS) is 10.7. The number of carboxylic acid groups (broad SMARTS) is 1. The Morgan fingerprint density at radius 3 is 2.00 bits per heavy atom. The maximum atomic E-state index is 11.9. The highest BCUT2D eigenvalue weighted by Crippen LogP contribution is 2.09. The van der Waals surface area contributed by atoms with Crippen molar-refractivity contribution >= 4 is 17.8 Å². The summed E-state index contributed by atoms with van der Waals surface area (Å²) in [7, 11) is 0. The summed E-state index contributed by atoms with van der Waals surface area (Å²) in [4.78, 5) is 22.6. The van der Waals surface area contributed by atoms with Crippen molar-refractivity contribution in [3.8, 4) is 0 Å². The Hall–Kier alpha value is -2.68. The molecule has 2 rings (SSSR count). The Morgan fingerprint density at radius 1 is 0.900 bits per heavy atom. The van der Waals surface area contributed by atoms with Gasteiger partial charge < -0.3 is 5.11 Å². The predicted molar refractivity (Wildman–Crippen MR) is 77.9 cm³/mol. The molecule has 0 fully saturated rings. The van der Waals surface area contributed by atoms with E-state index in [0.717, 1.165) is 11.1 Å². The van der Waals surface area contributed by atoms with E-state index in [0.29, 0.717) is 5.56 Å². The van der Waals surface area contributed by atoms with E-state index in [1.165, 1.54) is 18.2 Å². The fourth-order valence-electron chi connectivity index (χ4n) is 1.72. The minimum atomic E-state index is -0.962. The molecule has 0 aromatic heterocycles. The second kappa shape index (κ2) is 5.97. The number of aryl methyl sites for hydroxylation is 1. The van der Waals surface area contributed by atoms with E-state index in [-0.39, 0.29) is 11.3 Å². The van der Waals surface area contributed by atoms with Crippen LogP contribution in [0.25, 0.3) is 6.08 Å². The van der Waals surface area contributed by atoms with Crippen molar-refractivity contribution in [2.75, 3.05) is 0 Å². The van der Waals surface area contributed by atoms with E-state index in [1.54, 1.807) is 30.3 Å². The van der Waals surface area contributed by atoms with Gasteiger partial charge in [-0.25, -0.2) is 4.79 Å². The molecule has 0 unspecified atom stereocenters. The Kier molecular flexibility index (Phi) is 4.11. The number of ketones is 1. The maximum absolute atomic E-state index is 11.9. The molecular weight excluding hydrogens is 252 g/mol. The standard InChI is InChI=1S/C17H14O3/c1-12-2-7-14(8-3-12)16(18)11-6-13-4-9-15(10-5-13)17(19)20/h2-11H,1H3,(H,19,20). The van der Waals surface area contributed by atoms with E-state index in [2.05, 4.69) is 0 Å². The van der Waals surface area contributed by atoms with Gasteiger partial charge in [-0.05, 0) is 30.7 Å². The number of benzene rings is 2. The minimum absolute atomic E-state index is 0.0766. The predicted octanol–water partition coefficient (Wildman–Crippen LogP) is 3.59. The molecule has 0 aliphatic rings. The average molecular weight is 266 g/mol. The number of carbonyl (C=O) groups excluding carboxylic acids is 1. The second-order valence-corrected chi connectivity index (χ2v) is 4.49. The largest absolute Gasteiger partial charge is 0.478 e. The summed E-state index contributed by atoms with van der Waals surface area (Å²) >= 11 is 0. The first-order valence-corrected chi connectivity index (χ1v) is 6.19. The Labute approximate surface area is 117 Å². The lowest BCUT2D eigenvalue weighted by molar-refractivity contribution is 0.0696. The highest BCUT2D eigenvalue weighted by atomic mass is 16.4. The number of allylic oxidation sites excluding steroid dienone is 1. The van der Waals surface area contributed by atoms with Gasteiger partial charge in [0.2, 0.25) is 0 Å². The summed E-state index contributed by atoms with van der Waals surface area (Å²) in [5.74, 6) is -1.04. The van der Waals surface area contributed by atoms with Crippen molar-refractivity contribution in [1.29, 1.82) is 0 Å². The molecule has 0 radical (unpaired) electrons. The van der Waals surface area contributed by atoms with Crippen molar-refractivity contribution in [3.63, 3.8) is 0 Å². The highest BCUT2D eigenvalue weighted by Gasteiger charge is 2.02. The number of carbonyl (C=O) groups is 2. The molecule has 0 spiro atoms. The number of hydrogen-bond donors (Lipinski definition) is 1. The van der Waals surface area contributed by atoms with Crippen LogP contribution >= 0.6 is 0 Å². The van der Waals surface area contributed by atoms with Gasteiger partial charge in [0, 0.05) is 5.56 Å². The summed E-state index contributed by atoms with van der Waals surface area (Å²) in [6.45, 7) is 1.97. The van der Waals surface area contributed by atoms with Gasteiger partial charge in [0.1, 0.15) is 0 Å². The van der Waals surface area contributed by atoms with Gasteiger partial charge in [0.05, 0.1) is 5.56 Å². The van der Waals surface area contributed by atoms with Crippen molar-refractivity contribution in [2.45, 2.75) is 6.92 Å². The molecule has 0 aliphatic heterocycles. The lowest BCUT2D eigenvalue weighted by Gasteiger charge is -1.98. The van der Waals surface area contributed by atoms with Gasteiger partial charge in [-0.2, -0.15) is 0 Å². The molecule has 1 N–H and O–H groups in total. The van der Waals surface area contributed by atoms with E-state index in [1.807, 2.05) is 19.1 Å². The summed E-state index contributed by atoms with van der Waals surface area (Å²) in [5, 5.41) is 8.79. The minimum Gasteiger partial charge on any atom is -0.478 e. The topological polar surface area (TPSA) is 54.4 Å².